The number of amides is 1. The van der Waals surface area contributed by atoms with E-state index in [0.29, 0.717) is 16.8 Å². The largest absolute Gasteiger partial charge is 0.305 e. The van der Waals surface area contributed by atoms with Gasteiger partial charge >= 0.3 is 0 Å². The number of pyridine rings is 1. The van der Waals surface area contributed by atoms with Crippen LogP contribution in [0.2, 0.25) is 5.28 Å². The number of hydrogen-bond donors (Lipinski definition) is 1. The average Bonchev–Trinajstić information content (AvgIpc) is 2.53. The van der Waals surface area contributed by atoms with Gasteiger partial charge in [0.2, 0.25) is 5.28 Å². The SMILES string of the molecule is Cc1cc(-c2cc(F)cc(F)c2)cc(C(=O)Nc2ccnc(Cl)n2)n1. The minimum atomic E-state index is -0.703. The maximum atomic E-state index is 13.4. The molecule has 0 fully saturated rings. The summed E-state index contributed by atoms with van der Waals surface area (Å²) in [5.74, 6) is -1.72. The van der Waals surface area contributed by atoms with Crippen molar-refractivity contribution in [2.24, 2.45) is 0 Å². The molecule has 25 heavy (non-hydrogen) atoms. The summed E-state index contributed by atoms with van der Waals surface area (Å²) in [7, 11) is 0. The molecule has 0 radical (unpaired) electrons. The van der Waals surface area contributed by atoms with E-state index in [2.05, 4.69) is 20.3 Å². The zero-order valence-electron chi connectivity index (χ0n) is 12.9. The molecule has 0 bridgehead atoms. The van der Waals surface area contributed by atoms with Crippen molar-refractivity contribution >= 4 is 23.3 Å². The van der Waals surface area contributed by atoms with E-state index in [-0.39, 0.29) is 16.8 Å². The van der Waals surface area contributed by atoms with Crippen molar-refractivity contribution in [1.29, 1.82) is 0 Å². The number of aromatic nitrogens is 3. The van der Waals surface area contributed by atoms with Gasteiger partial charge in [-0.05, 0) is 60.0 Å². The van der Waals surface area contributed by atoms with Crippen molar-refractivity contribution in [1.82, 2.24) is 15.0 Å². The van der Waals surface area contributed by atoms with E-state index in [0.717, 1.165) is 6.07 Å². The van der Waals surface area contributed by atoms with Crippen LogP contribution in [0.15, 0.2) is 42.6 Å². The third-order valence-corrected chi connectivity index (χ3v) is 3.43. The molecule has 3 aromatic rings. The van der Waals surface area contributed by atoms with E-state index in [1.807, 2.05) is 0 Å². The van der Waals surface area contributed by atoms with Crippen LogP contribution in [0.1, 0.15) is 16.2 Å². The number of carbonyl (C=O) groups is 1. The van der Waals surface area contributed by atoms with Crippen LogP contribution in [-0.4, -0.2) is 20.9 Å². The second-order valence-corrected chi connectivity index (χ2v) is 5.54. The maximum Gasteiger partial charge on any atom is 0.275 e. The summed E-state index contributed by atoms with van der Waals surface area (Å²) < 4.78 is 26.9. The predicted molar refractivity (Wildman–Crippen MR) is 89.3 cm³/mol. The lowest BCUT2D eigenvalue weighted by Gasteiger charge is -2.08. The van der Waals surface area contributed by atoms with Gasteiger partial charge in [-0.3, -0.25) is 4.79 Å². The number of halogens is 3. The fourth-order valence-electron chi connectivity index (χ4n) is 2.26. The van der Waals surface area contributed by atoms with E-state index < -0.39 is 17.5 Å². The molecule has 1 N–H and O–H groups in total. The molecule has 0 aliphatic carbocycles. The van der Waals surface area contributed by atoms with Crippen LogP contribution in [0.25, 0.3) is 11.1 Å². The predicted octanol–water partition coefficient (Wildman–Crippen LogP) is 4.03. The van der Waals surface area contributed by atoms with Crippen molar-refractivity contribution in [2.45, 2.75) is 6.92 Å². The Labute approximate surface area is 146 Å². The minimum Gasteiger partial charge on any atom is -0.305 e. The standard InChI is InChI=1S/C17H11ClF2N4O/c1-9-4-10(11-5-12(19)8-13(20)6-11)7-14(22-9)16(25)23-15-2-3-21-17(18)24-15/h2-8H,1H3,(H,21,23,24,25). The summed E-state index contributed by atoms with van der Waals surface area (Å²) in [6.07, 6.45) is 1.40. The first-order valence-corrected chi connectivity index (χ1v) is 7.53. The molecule has 0 unspecified atom stereocenters. The Kier molecular flexibility index (Phi) is 4.67. The van der Waals surface area contributed by atoms with Gasteiger partial charge in [0.05, 0.1) is 0 Å². The van der Waals surface area contributed by atoms with Gasteiger partial charge in [-0.25, -0.2) is 23.7 Å². The van der Waals surface area contributed by atoms with Gasteiger partial charge in [0.1, 0.15) is 23.1 Å². The molecule has 126 valence electrons. The second-order valence-electron chi connectivity index (χ2n) is 5.21. The molecule has 2 heterocycles. The molecular weight excluding hydrogens is 350 g/mol. The molecule has 1 aromatic carbocycles. The lowest BCUT2D eigenvalue weighted by molar-refractivity contribution is 0.102. The van der Waals surface area contributed by atoms with Crippen LogP contribution in [0, 0.1) is 18.6 Å². The first-order valence-electron chi connectivity index (χ1n) is 7.16. The monoisotopic (exact) mass is 360 g/mol. The first-order chi connectivity index (χ1) is 11.9. The van der Waals surface area contributed by atoms with E-state index in [4.69, 9.17) is 11.6 Å². The van der Waals surface area contributed by atoms with Gasteiger partial charge in [0.15, 0.2) is 0 Å². The molecule has 2 aromatic heterocycles. The van der Waals surface area contributed by atoms with E-state index in [1.54, 1.807) is 13.0 Å². The summed E-state index contributed by atoms with van der Waals surface area (Å²) in [5.41, 5.74) is 1.38. The van der Waals surface area contributed by atoms with Crippen molar-refractivity contribution in [3.05, 3.63) is 70.9 Å². The second kappa shape index (κ2) is 6.90. The number of aryl methyl sites for hydroxylation is 1. The van der Waals surface area contributed by atoms with Gasteiger partial charge < -0.3 is 5.32 Å². The molecule has 0 atom stereocenters. The molecule has 0 saturated carbocycles. The molecule has 5 nitrogen and oxygen atoms in total. The lowest BCUT2D eigenvalue weighted by atomic mass is 10.0. The Balaban J connectivity index is 1.94. The van der Waals surface area contributed by atoms with Crippen molar-refractivity contribution in [2.75, 3.05) is 5.32 Å². The first kappa shape index (κ1) is 16.9. The number of benzene rings is 1. The van der Waals surface area contributed by atoms with E-state index in [9.17, 15) is 13.6 Å². The topological polar surface area (TPSA) is 67.8 Å². The zero-order chi connectivity index (χ0) is 18.0. The number of anilines is 1. The number of nitrogens with one attached hydrogen (secondary N) is 1. The van der Waals surface area contributed by atoms with Crippen LogP contribution in [0.4, 0.5) is 14.6 Å². The number of hydrogen-bond acceptors (Lipinski definition) is 4. The van der Waals surface area contributed by atoms with E-state index in [1.165, 1.54) is 30.5 Å². The van der Waals surface area contributed by atoms with Gasteiger partial charge in [0.25, 0.3) is 5.91 Å². The van der Waals surface area contributed by atoms with Gasteiger partial charge in [-0.15, -0.1) is 0 Å². The molecule has 0 aliphatic heterocycles. The highest BCUT2D eigenvalue weighted by molar-refractivity contribution is 6.28. The zero-order valence-corrected chi connectivity index (χ0v) is 13.7. The number of carbonyl (C=O) groups excluding carboxylic acids is 1. The molecule has 3 rings (SSSR count). The third kappa shape index (κ3) is 4.13. The smallest absolute Gasteiger partial charge is 0.275 e. The van der Waals surface area contributed by atoms with Crippen LogP contribution in [0.3, 0.4) is 0 Å². The van der Waals surface area contributed by atoms with Crippen LogP contribution < -0.4 is 5.32 Å². The molecular formula is C17H11ClF2N4O. The Hall–Kier alpha value is -2.93. The average molecular weight is 361 g/mol. The van der Waals surface area contributed by atoms with E-state index >= 15 is 0 Å². The summed E-state index contributed by atoms with van der Waals surface area (Å²) >= 11 is 5.67. The molecule has 8 heteroatoms. The van der Waals surface area contributed by atoms with Gasteiger partial charge in [0, 0.05) is 18.0 Å². The Morgan fingerprint density at radius 2 is 1.72 bits per heavy atom. The Bertz CT molecular complexity index is 945. The number of nitrogens with zero attached hydrogens (tertiary/aromatic N) is 3. The normalized spacial score (nSPS) is 10.6. The quantitative estimate of drug-likeness (QED) is 0.716. The van der Waals surface area contributed by atoms with Crippen molar-refractivity contribution in [3.8, 4) is 11.1 Å². The number of rotatable bonds is 3. The molecule has 0 aliphatic rings. The van der Waals surface area contributed by atoms with Crippen LogP contribution in [0.5, 0.6) is 0 Å². The highest BCUT2D eigenvalue weighted by Gasteiger charge is 2.13. The fraction of sp³-hybridized carbons (Fsp3) is 0.0588. The van der Waals surface area contributed by atoms with Gasteiger partial charge in [-0.2, -0.15) is 0 Å². The lowest BCUT2D eigenvalue weighted by Crippen LogP contribution is -2.15. The molecule has 0 saturated heterocycles. The Morgan fingerprint density at radius 3 is 2.40 bits per heavy atom. The summed E-state index contributed by atoms with van der Waals surface area (Å²) in [6, 6.07) is 7.70. The molecule has 0 spiro atoms. The Morgan fingerprint density at radius 1 is 1.04 bits per heavy atom. The maximum absolute atomic E-state index is 13.4. The van der Waals surface area contributed by atoms with Crippen molar-refractivity contribution in [3.63, 3.8) is 0 Å². The third-order valence-electron chi connectivity index (χ3n) is 3.25. The van der Waals surface area contributed by atoms with Crippen molar-refractivity contribution < 1.29 is 13.6 Å². The summed E-state index contributed by atoms with van der Waals surface area (Å²) in [5, 5.41) is 2.53. The van der Waals surface area contributed by atoms with Crippen LogP contribution in [-0.2, 0) is 0 Å². The molecule has 1 amide bonds. The van der Waals surface area contributed by atoms with Crippen LogP contribution >= 0.6 is 11.6 Å². The fourth-order valence-corrected chi connectivity index (χ4v) is 2.40. The summed E-state index contributed by atoms with van der Waals surface area (Å²) in [6.45, 7) is 1.68. The van der Waals surface area contributed by atoms with Gasteiger partial charge in [-0.1, -0.05) is 0 Å². The highest BCUT2D eigenvalue weighted by Crippen LogP contribution is 2.23. The minimum absolute atomic E-state index is 0.00840. The summed E-state index contributed by atoms with van der Waals surface area (Å²) in [4.78, 5) is 24.1. The highest BCUT2D eigenvalue weighted by atomic mass is 35.5.